The minimum Gasteiger partial charge on any atom is -0.468 e. The Balaban J connectivity index is 1.85. The average molecular weight is 239 g/mol. The molecule has 0 bridgehead atoms. The first-order valence-electron chi connectivity index (χ1n) is 6.11. The van der Waals surface area contributed by atoms with E-state index in [1.807, 2.05) is 17.8 Å². The molecule has 1 fully saturated rings. The van der Waals surface area contributed by atoms with Crippen LogP contribution in [0.25, 0.3) is 0 Å². The van der Waals surface area contributed by atoms with Crippen molar-refractivity contribution in [2.45, 2.75) is 43.2 Å². The maximum atomic E-state index is 5.38. The summed E-state index contributed by atoms with van der Waals surface area (Å²) < 4.78 is 5.38. The van der Waals surface area contributed by atoms with Crippen LogP contribution >= 0.6 is 11.8 Å². The van der Waals surface area contributed by atoms with Crippen molar-refractivity contribution in [2.24, 2.45) is 5.92 Å². The highest BCUT2D eigenvalue weighted by Crippen LogP contribution is 2.33. The summed E-state index contributed by atoms with van der Waals surface area (Å²) in [5.41, 5.74) is 0. The SMILES string of the molecule is CNC1CCC(C)CC1SCc1ccco1. The highest BCUT2D eigenvalue weighted by atomic mass is 32.2. The first kappa shape index (κ1) is 12.1. The van der Waals surface area contributed by atoms with E-state index in [9.17, 15) is 0 Å². The monoisotopic (exact) mass is 239 g/mol. The molecule has 1 aromatic heterocycles. The summed E-state index contributed by atoms with van der Waals surface area (Å²) in [6.07, 6.45) is 5.77. The molecule has 1 aliphatic carbocycles. The van der Waals surface area contributed by atoms with Gasteiger partial charge >= 0.3 is 0 Å². The molecule has 0 amide bonds. The van der Waals surface area contributed by atoms with Gasteiger partial charge in [0.15, 0.2) is 0 Å². The van der Waals surface area contributed by atoms with Crippen molar-refractivity contribution in [1.82, 2.24) is 5.32 Å². The average Bonchev–Trinajstić information content (AvgIpc) is 2.79. The van der Waals surface area contributed by atoms with Crippen molar-refractivity contribution in [2.75, 3.05) is 7.05 Å². The normalized spacial score (nSPS) is 30.5. The molecule has 16 heavy (non-hydrogen) atoms. The van der Waals surface area contributed by atoms with Crippen LogP contribution in [0.4, 0.5) is 0 Å². The van der Waals surface area contributed by atoms with Gasteiger partial charge in [-0.05, 0) is 44.4 Å². The smallest absolute Gasteiger partial charge is 0.113 e. The van der Waals surface area contributed by atoms with E-state index < -0.39 is 0 Å². The van der Waals surface area contributed by atoms with Gasteiger partial charge in [0.05, 0.1) is 12.0 Å². The van der Waals surface area contributed by atoms with E-state index in [1.54, 1.807) is 6.26 Å². The zero-order valence-electron chi connectivity index (χ0n) is 10.1. The maximum absolute atomic E-state index is 5.38. The van der Waals surface area contributed by atoms with Crippen molar-refractivity contribution in [1.29, 1.82) is 0 Å². The molecule has 2 rings (SSSR count). The number of rotatable bonds is 4. The molecule has 0 aromatic carbocycles. The molecule has 2 nitrogen and oxygen atoms in total. The third kappa shape index (κ3) is 3.05. The Labute approximate surface area is 102 Å². The van der Waals surface area contributed by atoms with E-state index in [0.29, 0.717) is 6.04 Å². The van der Waals surface area contributed by atoms with Gasteiger partial charge in [0, 0.05) is 11.3 Å². The molecule has 1 heterocycles. The number of hydrogen-bond donors (Lipinski definition) is 1. The number of hydrogen-bond acceptors (Lipinski definition) is 3. The molecule has 0 spiro atoms. The van der Waals surface area contributed by atoms with E-state index >= 15 is 0 Å². The largest absolute Gasteiger partial charge is 0.468 e. The standard InChI is InChI=1S/C13H21NOS/c1-10-5-6-12(14-2)13(8-10)16-9-11-4-3-7-15-11/h3-4,7,10,12-14H,5-6,8-9H2,1-2H3. The Kier molecular flexibility index (Phi) is 4.36. The van der Waals surface area contributed by atoms with Gasteiger partial charge in [0.25, 0.3) is 0 Å². The van der Waals surface area contributed by atoms with Crippen molar-refractivity contribution in [3.05, 3.63) is 24.2 Å². The first-order chi connectivity index (χ1) is 7.79. The van der Waals surface area contributed by atoms with Crippen LogP contribution in [0.3, 0.4) is 0 Å². The first-order valence-corrected chi connectivity index (χ1v) is 7.15. The summed E-state index contributed by atoms with van der Waals surface area (Å²) >= 11 is 2.04. The summed E-state index contributed by atoms with van der Waals surface area (Å²) in [7, 11) is 2.08. The lowest BCUT2D eigenvalue weighted by Gasteiger charge is -2.34. The quantitative estimate of drug-likeness (QED) is 0.873. The molecule has 3 heteroatoms. The van der Waals surface area contributed by atoms with Crippen molar-refractivity contribution < 1.29 is 4.42 Å². The topological polar surface area (TPSA) is 25.2 Å². The second-order valence-electron chi connectivity index (χ2n) is 4.74. The van der Waals surface area contributed by atoms with Crippen LogP contribution in [0.5, 0.6) is 0 Å². The second-order valence-corrected chi connectivity index (χ2v) is 5.97. The molecular weight excluding hydrogens is 218 g/mol. The van der Waals surface area contributed by atoms with Crippen LogP contribution in [0.15, 0.2) is 22.8 Å². The third-order valence-electron chi connectivity index (χ3n) is 3.44. The molecule has 90 valence electrons. The van der Waals surface area contributed by atoms with Crippen molar-refractivity contribution in [3.63, 3.8) is 0 Å². The predicted molar refractivity (Wildman–Crippen MR) is 69.7 cm³/mol. The Morgan fingerprint density at radius 1 is 1.50 bits per heavy atom. The highest BCUT2D eigenvalue weighted by Gasteiger charge is 2.27. The van der Waals surface area contributed by atoms with Gasteiger partial charge in [-0.1, -0.05) is 6.92 Å². The van der Waals surface area contributed by atoms with Gasteiger partial charge in [-0.15, -0.1) is 11.8 Å². The van der Waals surface area contributed by atoms with Crippen LogP contribution in [0.1, 0.15) is 31.9 Å². The van der Waals surface area contributed by atoms with Crippen LogP contribution in [0.2, 0.25) is 0 Å². The van der Waals surface area contributed by atoms with E-state index in [1.165, 1.54) is 19.3 Å². The van der Waals surface area contributed by atoms with E-state index in [-0.39, 0.29) is 0 Å². The zero-order chi connectivity index (χ0) is 11.4. The Bertz CT molecular complexity index is 299. The van der Waals surface area contributed by atoms with E-state index in [0.717, 1.165) is 22.7 Å². The van der Waals surface area contributed by atoms with Gasteiger partial charge in [-0.25, -0.2) is 0 Å². The number of furan rings is 1. The lowest BCUT2D eigenvalue weighted by molar-refractivity contribution is 0.329. The molecule has 0 radical (unpaired) electrons. The third-order valence-corrected chi connectivity index (χ3v) is 4.84. The van der Waals surface area contributed by atoms with E-state index in [4.69, 9.17) is 4.42 Å². The summed E-state index contributed by atoms with van der Waals surface area (Å²) in [4.78, 5) is 0. The van der Waals surface area contributed by atoms with E-state index in [2.05, 4.69) is 25.4 Å². The molecular formula is C13H21NOS. The molecule has 3 atom stereocenters. The molecule has 0 aliphatic heterocycles. The molecule has 3 unspecified atom stereocenters. The summed E-state index contributed by atoms with van der Waals surface area (Å²) in [5, 5.41) is 4.19. The van der Waals surface area contributed by atoms with Crippen LogP contribution in [0, 0.1) is 5.92 Å². The van der Waals surface area contributed by atoms with Crippen LogP contribution in [-0.2, 0) is 5.75 Å². The van der Waals surface area contributed by atoms with Gasteiger partial charge < -0.3 is 9.73 Å². The van der Waals surface area contributed by atoms with Crippen LogP contribution < -0.4 is 5.32 Å². The second kappa shape index (κ2) is 5.78. The minimum atomic E-state index is 0.677. The van der Waals surface area contributed by atoms with Gasteiger partial charge in [0.2, 0.25) is 0 Å². The van der Waals surface area contributed by atoms with Gasteiger partial charge in [-0.2, -0.15) is 0 Å². The zero-order valence-corrected chi connectivity index (χ0v) is 10.9. The van der Waals surface area contributed by atoms with Gasteiger partial charge in [0.1, 0.15) is 5.76 Å². The molecule has 0 saturated heterocycles. The summed E-state index contributed by atoms with van der Waals surface area (Å²) in [6, 6.07) is 4.71. The summed E-state index contributed by atoms with van der Waals surface area (Å²) in [5.74, 6) is 2.97. The molecule has 1 N–H and O–H groups in total. The highest BCUT2D eigenvalue weighted by molar-refractivity contribution is 7.99. The van der Waals surface area contributed by atoms with Crippen molar-refractivity contribution >= 4 is 11.8 Å². The summed E-state index contributed by atoms with van der Waals surface area (Å²) in [6.45, 7) is 2.37. The maximum Gasteiger partial charge on any atom is 0.113 e. The minimum absolute atomic E-state index is 0.677. The Morgan fingerprint density at radius 3 is 3.06 bits per heavy atom. The number of nitrogens with one attached hydrogen (secondary N) is 1. The fraction of sp³-hybridized carbons (Fsp3) is 0.692. The number of thioether (sulfide) groups is 1. The fourth-order valence-electron chi connectivity index (χ4n) is 2.43. The predicted octanol–water partition coefficient (Wildman–Crippen LogP) is 3.29. The Morgan fingerprint density at radius 2 is 2.38 bits per heavy atom. The Hall–Kier alpha value is -0.410. The van der Waals surface area contributed by atoms with Crippen LogP contribution in [-0.4, -0.2) is 18.3 Å². The lowest BCUT2D eigenvalue weighted by Crippen LogP contribution is -2.40. The molecule has 1 aliphatic rings. The lowest BCUT2D eigenvalue weighted by atomic mass is 9.87. The molecule has 1 saturated carbocycles. The van der Waals surface area contributed by atoms with Crippen molar-refractivity contribution in [3.8, 4) is 0 Å². The fourth-order valence-corrected chi connectivity index (χ4v) is 3.94. The van der Waals surface area contributed by atoms with Gasteiger partial charge in [-0.3, -0.25) is 0 Å². The molecule has 1 aromatic rings.